The number of rotatable bonds is 9. The fourth-order valence-electron chi connectivity index (χ4n) is 3.98. The highest BCUT2D eigenvalue weighted by atomic mass is 35.5. The van der Waals surface area contributed by atoms with E-state index >= 15 is 0 Å². The number of benzene rings is 3. The van der Waals surface area contributed by atoms with Gasteiger partial charge in [0, 0.05) is 24.7 Å². The van der Waals surface area contributed by atoms with Gasteiger partial charge in [0.05, 0.1) is 31.9 Å². The summed E-state index contributed by atoms with van der Waals surface area (Å²) in [5.41, 5.74) is 2.61. The fraction of sp³-hybridized carbons (Fsp3) is 0.296. The van der Waals surface area contributed by atoms with Crippen molar-refractivity contribution in [2.75, 3.05) is 40.0 Å². The molecule has 1 amide bonds. The maximum atomic E-state index is 13.2. The van der Waals surface area contributed by atoms with Gasteiger partial charge in [0.25, 0.3) is 5.91 Å². The van der Waals surface area contributed by atoms with Crippen LogP contribution in [0.5, 0.6) is 11.5 Å². The Balaban J connectivity index is 1.45. The quantitative estimate of drug-likeness (QED) is 0.479. The van der Waals surface area contributed by atoms with Gasteiger partial charge in [-0.3, -0.25) is 9.69 Å². The summed E-state index contributed by atoms with van der Waals surface area (Å²) in [6.07, 6.45) is 0. The predicted octanol–water partition coefficient (Wildman–Crippen LogP) is 4.73. The van der Waals surface area contributed by atoms with Crippen molar-refractivity contribution < 1.29 is 19.0 Å². The van der Waals surface area contributed by atoms with Crippen LogP contribution in [0.15, 0.2) is 72.8 Å². The number of morpholine rings is 1. The van der Waals surface area contributed by atoms with E-state index in [0.29, 0.717) is 42.7 Å². The number of carbonyl (C=O) groups is 1. The van der Waals surface area contributed by atoms with Gasteiger partial charge in [-0.25, -0.2) is 0 Å². The molecular formula is C27H29ClN2O4. The Morgan fingerprint density at radius 2 is 1.74 bits per heavy atom. The van der Waals surface area contributed by atoms with Crippen LogP contribution in [0.3, 0.4) is 0 Å². The number of hydrogen-bond donors (Lipinski definition) is 1. The molecule has 0 aromatic heterocycles. The lowest BCUT2D eigenvalue weighted by molar-refractivity contribution is 0.0162. The van der Waals surface area contributed by atoms with E-state index in [1.807, 2.05) is 66.7 Å². The summed E-state index contributed by atoms with van der Waals surface area (Å²) < 4.78 is 16.8. The topological polar surface area (TPSA) is 60.0 Å². The van der Waals surface area contributed by atoms with E-state index in [1.165, 1.54) is 0 Å². The zero-order chi connectivity index (χ0) is 23.8. The lowest BCUT2D eigenvalue weighted by atomic mass is 10.0. The van der Waals surface area contributed by atoms with E-state index in [9.17, 15) is 4.79 Å². The van der Waals surface area contributed by atoms with E-state index in [1.54, 1.807) is 13.2 Å². The molecule has 7 heteroatoms. The molecule has 1 N–H and O–H groups in total. The molecule has 3 aromatic rings. The lowest BCUT2D eigenvalue weighted by Crippen LogP contribution is -2.43. The molecule has 1 heterocycles. The Bertz CT molecular complexity index is 1070. The zero-order valence-corrected chi connectivity index (χ0v) is 20.0. The third-order valence-corrected chi connectivity index (χ3v) is 6.13. The molecule has 1 aliphatic rings. The van der Waals surface area contributed by atoms with Crippen LogP contribution < -0.4 is 14.8 Å². The first kappa shape index (κ1) is 24.1. The molecule has 0 bridgehead atoms. The summed E-state index contributed by atoms with van der Waals surface area (Å²) in [7, 11) is 1.65. The summed E-state index contributed by atoms with van der Waals surface area (Å²) in [4.78, 5) is 15.5. The minimum atomic E-state index is -0.168. The standard InChI is InChI=1S/C27H29ClN2O4/c1-32-23-12-8-21(9-13-23)25(30-14-16-33-17-15-30)18-29-27(31)24-4-2-3-5-26(24)34-19-20-6-10-22(28)11-7-20/h2-13,25H,14-19H2,1H3,(H,29,31). The van der Waals surface area contributed by atoms with E-state index in [2.05, 4.69) is 10.2 Å². The smallest absolute Gasteiger partial charge is 0.255 e. The van der Waals surface area contributed by atoms with Gasteiger partial charge in [0.15, 0.2) is 0 Å². The van der Waals surface area contributed by atoms with E-state index < -0.39 is 0 Å². The Kier molecular flexibility index (Phi) is 8.41. The highest BCUT2D eigenvalue weighted by Gasteiger charge is 2.24. The van der Waals surface area contributed by atoms with Crippen LogP contribution in [-0.4, -0.2) is 50.8 Å². The summed E-state index contributed by atoms with van der Waals surface area (Å²) in [5, 5.41) is 3.80. The monoisotopic (exact) mass is 480 g/mol. The van der Waals surface area contributed by atoms with Gasteiger partial charge in [0.1, 0.15) is 18.1 Å². The summed E-state index contributed by atoms with van der Waals surface area (Å²) in [5.74, 6) is 1.18. The summed E-state index contributed by atoms with van der Waals surface area (Å²) in [6, 6.07) is 22.8. The number of nitrogens with one attached hydrogen (secondary N) is 1. The molecule has 0 aliphatic carbocycles. The average molecular weight is 481 g/mol. The second-order valence-corrected chi connectivity index (χ2v) is 8.50. The highest BCUT2D eigenvalue weighted by Crippen LogP contribution is 2.25. The van der Waals surface area contributed by atoms with Crippen molar-refractivity contribution in [1.82, 2.24) is 10.2 Å². The number of halogens is 1. The number of amides is 1. The third-order valence-electron chi connectivity index (χ3n) is 5.88. The van der Waals surface area contributed by atoms with Gasteiger partial charge in [-0.15, -0.1) is 0 Å². The second kappa shape index (κ2) is 11.9. The molecule has 1 saturated heterocycles. The first-order valence-electron chi connectivity index (χ1n) is 11.3. The molecule has 178 valence electrons. The van der Waals surface area contributed by atoms with Gasteiger partial charge < -0.3 is 19.5 Å². The molecule has 34 heavy (non-hydrogen) atoms. The second-order valence-electron chi connectivity index (χ2n) is 8.06. The number of nitrogens with zero attached hydrogens (tertiary/aromatic N) is 1. The van der Waals surface area contributed by atoms with Crippen LogP contribution in [0, 0.1) is 0 Å². The van der Waals surface area contributed by atoms with Gasteiger partial charge in [-0.1, -0.05) is 48.0 Å². The van der Waals surface area contributed by atoms with Crippen LogP contribution in [-0.2, 0) is 11.3 Å². The van der Waals surface area contributed by atoms with E-state index in [4.69, 9.17) is 25.8 Å². The summed E-state index contributed by atoms with van der Waals surface area (Å²) in [6.45, 7) is 3.81. The molecular weight excluding hydrogens is 452 g/mol. The first-order chi connectivity index (χ1) is 16.6. The number of hydrogen-bond acceptors (Lipinski definition) is 5. The van der Waals surface area contributed by atoms with Gasteiger partial charge >= 0.3 is 0 Å². The maximum Gasteiger partial charge on any atom is 0.255 e. The van der Waals surface area contributed by atoms with Crippen molar-refractivity contribution in [1.29, 1.82) is 0 Å². The Hall–Kier alpha value is -3.06. The number of para-hydroxylation sites is 1. The van der Waals surface area contributed by atoms with Gasteiger partial charge in [0.2, 0.25) is 0 Å². The van der Waals surface area contributed by atoms with Crippen molar-refractivity contribution in [3.63, 3.8) is 0 Å². The fourth-order valence-corrected chi connectivity index (χ4v) is 4.11. The van der Waals surface area contributed by atoms with Gasteiger partial charge in [-0.05, 0) is 47.5 Å². The molecule has 1 unspecified atom stereocenters. The molecule has 0 saturated carbocycles. The lowest BCUT2D eigenvalue weighted by Gasteiger charge is -2.35. The summed E-state index contributed by atoms with van der Waals surface area (Å²) >= 11 is 5.96. The van der Waals surface area contributed by atoms with E-state index in [0.717, 1.165) is 30.0 Å². The number of carbonyl (C=O) groups excluding carboxylic acids is 1. The molecule has 1 aliphatic heterocycles. The van der Waals surface area contributed by atoms with Crippen LogP contribution in [0.25, 0.3) is 0 Å². The Morgan fingerprint density at radius 1 is 1.03 bits per heavy atom. The molecule has 4 rings (SSSR count). The van der Waals surface area contributed by atoms with Crippen LogP contribution in [0.4, 0.5) is 0 Å². The SMILES string of the molecule is COc1ccc(C(CNC(=O)c2ccccc2OCc2ccc(Cl)cc2)N2CCOCC2)cc1. The minimum Gasteiger partial charge on any atom is -0.497 e. The van der Waals surface area contributed by atoms with E-state index in [-0.39, 0.29) is 11.9 Å². The highest BCUT2D eigenvalue weighted by molar-refractivity contribution is 6.30. The molecule has 1 atom stereocenters. The minimum absolute atomic E-state index is 0.0286. The van der Waals surface area contributed by atoms with Crippen molar-refractivity contribution >= 4 is 17.5 Å². The Labute approximate surface area is 205 Å². The normalized spacial score (nSPS) is 14.9. The first-order valence-corrected chi connectivity index (χ1v) is 11.7. The van der Waals surface area contributed by atoms with Crippen LogP contribution >= 0.6 is 11.6 Å². The molecule has 3 aromatic carbocycles. The average Bonchev–Trinajstić information content (AvgIpc) is 2.89. The molecule has 0 spiro atoms. The maximum absolute atomic E-state index is 13.2. The number of methoxy groups -OCH3 is 1. The van der Waals surface area contributed by atoms with Crippen LogP contribution in [0.1, 0.15) is 27.5 Å². The van der Waals surface area contributed by atoms with Gasteiger partial charge in [-0.2, -0.15) is 0 Å². The number of ether oxygens (including phenoxy) is 3. The van der Waals surface area contributed by atoms with Crippen molar-refractivity contribution in [3.05, 3.63) is 94.5 Å². The van der Waals surface area contributed by atoms with Crippen molar-refractivity contribution in [3.8, 4) is 11.5 Å². The largest absolute Gasteiger partial charge is 0.497 e. The molecule has 6 nitrogen and oxygen atoms in total. The molecule has 1 fully saturated rings. The predicted molar refractivity (Wildman–Crippen MR) is 133 cm³/mol. The third kappa shape index (κ3) is 6.29. The van der Waals surface area contributed by atoms with Crippen LogP contribution in [0.2, 0.25) is 5.02 Å². The molecule has 0 radical (unpaired) electrons. The zero-order valence-electron chi connectivity index (χ0n) is 19.2. The van der Waals surface area contributed by atoms with Crippen molar-refractivity contribution in [2.24, 2.45) is 0 Å². The van der Waals surface area contributed by atoms with Crippen molar-refractivity contribution in [2.45, 2.75) is 12.6 Å². The Morgan fingerprint density at radius 3 is 2.44 bits per heavy atom.